The highest BCUT2D eigenvalue weighted by Gasteiger charge is 2.17. The Hall–Kier alpha value is -1.99. The summed E-state index contributed by atoms with van der Waals surface area (Å²) in [5.41, 5.74) is 0.599. The number of aryl methyl sites for hydroxylation is 1. The number of hydrogen-bond donors (Lipinski definition) is 2. The van der Waals surface area contributed by atoms with E-state index in [1.165, 1.54) is 28.7 Å². The van der Waals surface area contributed by atoms with Crippen molar-refractivity contribution in [2.24, 2.45) is 0 Å². The summed E-state index contributed by atoms with van der Waals surface area (Å²) >= 11 is 2.82. The molecular weight excluding hydrogens is 308 g/mol. The SMILES string of the molecule is Cc1cnc(C(C)NC(=O)c2sccc2/C=C/C(=O)O)s1. The summed E-state index contributed by atoms with van der Waals surface area (Å²) in [5, 5.41) is 14.1. The molecule has 0 aliphatic rings. The van der Waals surface area contributed by atoms with Crippen LogP contribution in [0.3, 0.4) is 0 Å². The second-order valence-electron chi connectivity index (χ2n) is 4.38. The first-order valence-electron chi connectivity index (χ1n) is 6.19. The lowest BCUT2D eigenvalue weighted by Crippen LogP contribution is -2.26. The Morgan fingerprint density at radius 2 is 2.24 bits per heavy atom. The van der Waals surface area contributed by atoms with Crippen LogP contribution in [0.15, 0.2) is 23.7 Å². The Morgan fingerprint density at radius 1 is 1.48 bits per heavy atom. The number of hydrogen-bond acceptors (Lipinski definition) is 5. The van der Waals surface area contributed by atoms with Crippen molar-refractivity contribution in [2.75, 3.05) is 0 Å². The third kappa shape index (κ3) is 3.99. The summed E-state index contributed by atoms with van der Waals surface area (Å²) in [5.74, 6) is -1.27. The van der Waals surface area contributed by atoms with Gasteiger partial charge in [-0.3, -0.25) is 4.79 Å². The van der Waals surface area contributed by atoms with Crippen LogP contribution in [0.2, 0.25) is 0 Å². The van der Waals surface area contributed by atoms with E-state index in [4.69, 9.17) is 5.11 Å². The standard InChI is InChI=1S/C14H14N2O3S2/c1-8-7-15-14(21-8)9(2)16-13(19)12-10(5-6-20-12)3-4-11(17)18/h3-7,9H,1-2H3,(H,16,19)(H,17,18)/b4-3+. The number of thiophene rings is 1. The summed E-state index contributed by atoms with van der Waals surface area (Å²) in [6, 6.07) is 1.53. The molecule has 2 aromatic heterocycles. The van der Waals surface area contributed by atoms with Crippen molar-refractivity contribution in [2.45, 2.75) is 19.9 Å². The van der Waals surface area contributed by atoms with Crippen LogP contribution in [0.1, 0.15) is 38.1 Å². The first kappa shape index (κ1) is 15.4. The van der Waals surface area contributed by atoms with Crippen LogP contribution in [0.25, 0.3) is 6.08 Å². The monoisotopic (exact) mass is 322 g/mol. The summed E-state index contributed by atoms with van der Waals surface area (Å²) in [7, 11) is 0. The molecule has 1 amide bonds. The van der Waals surface area contributed by atoms with Crippen molar-refractivity contribution < 1.29 is 14.7 Å². The van der Waals surface area contributed by atoms with Crippen molar-refractivity contribution in [3.05, 3.63) is 44.0 Å². The van der Waals surface area contributed by atoms with Gasteiger partial charge in [0.15, 0.2) is 0 Å². The second-order valence-corrected chi connectivity index (χ2v) is 6.56. The maximum Gasteiger partial charge on any atom is 0.328 e. The largest absolute Gasteiger partial charge is 0.478 e. The van der Waals surface area contributed by atoms with Gasteiger partial charge in [-0.15, -0.1) is 22.7 Å². The second kappa shape index (κ2) is 6.64. The minimum atomic E-state index is -1.04. The molecule has 0 spiro atoms. The molecule has 2 aromatic rings. The smallest absolute Gasteiger partial charge is 0.328 e. The van der Waals surface area contributed by atoms with Crippen molar-refractivity contribution in [1.82, 2.24) is 10.3 Å². The molecule has 0 saturated heterocycles. The first-order chi connectivity index (χ1) is 9.97. The number of rotatable bonds is 5. The highest BCUT2D eigenvalue weighted by molar-refractivity contribution is 7.12. The van der Waals surface area contributed by atoms with Crippen LogP contribution in [-0.2, 0) is 4.79 Å². The van der Waals surface area contributed by atoms with Crippen LogP contribution in [0, 0.1) is 6.92 Å². The highest BCUT2D eigenvalue weighted by Crippen LogP contribution is 2.22. The van der Waals surface area contributed by atoms with Gasteiger partial charge < -0.3 is 10.4 Å². The molecule has 1 unspecified atom stereocenters. The van der Waals surface area contributed by atoms with Crippen molar-refractivity contribution in [3.8, 4) is 0 Å². The van der Waals surface area contributed by atoms with Crippen LogP contribution < -0.4 is 5.32 Å². The Balaban J connectivity index is 2.10. The van der Waals surface area contributed by atoms with Gasteiger partial charge in [0, 0.05) is 17.2 Å². The van der Waals surface area contributed by atoms with Gasteiger partial charge in [0.05, 0.1) is 10.9 Å². The molecular formula is C14H14N2O3S2. The van der Waals surface area contributed by atoms with Gasteiger partial charge in [-0.25, -0.2) is 9.78 Å². The number of aromatic nitrogens is 1. The summed E-state index contributed by atoms with van der Waals surface area (Å²) < 4.78 is 0. The van der Waals surface area contributed by atoms with E-state index >= 15 is 0 Å². The topological polar surface area (TPSA) is 79.3 Å². The van der Waals surface area contributed by atoms with E-state index in [1.54, 1.807) is 17.6 Å². The minimum absolute atomic E-state index is 0.186. The molecule has 21 heavy (non-hydrogen) atoms. The molecule has 2 rings (SSSR count). The van der Waals surface area contributed by atoms with Gasteiger partial charge in [0.25, 0.3) is 5.91 Å². The fourth-order valence-electron chi connectivity index (χ4n) is 1.69. The van der Waals surface area contributed by atoms with Gasteiger partial charge in [0.2, 0.25) is 0 Å². The number of carbonyl (C=O) groups is 2. The Morgan fingerprint density at radius 3 is 2.86 bits per heavy atom. The summed E-state index contributed by atoms with van der Waals surface area (Å²) in [6.45, 7) is 3.83. The minimum Gasteiger partial charge on any atom is -0.478 e. The predicted molar refractivity (Wildman–Crippen MR) is 83.7 cm³/mol. The van der Waals surface area contributed by atoms with E-state index < -0.39 is 5.97 Å². The van der Waals surface area contributed by atoms with Crippen molar-refractivity contribution >= 4 is 40.6 Å². The summed E-state index contributed by atoms with van der Waals surface area (Å²) in [6.07, 6.45) is 4.22. The molecule has 2 N–H and O–H groups in total. The van der Waals surface area contributed by atoms with E-state index in [9.17, 15) is 9.59 Å². The summed E-state index contributed by atoms with van der Waals surface area (Å²) in [4.78, 5) is 28.6. The fraction of sp³-hybridized carbons (Fsp3) is 0.214. The van der Waals surface area contributed by atoms with E-state index in [2.05, 4.69) is 10.3 Å². The number of nitrogens with one attached hydrogen (secondary N) is 1. The number of carboxylic acid groups (broad SMARTS) is 1. The molecule has 5 nitrogen and oxygen atoms in total. The van der Waals surface area contributed by atoms with Crippen LogP contribution in [-0.4, -0.2) is 22.0 Å². The molecule has 1 atom stereocenters. The average Bonchev–Trinajstić information content (AvgIpc) is 3.04. The van der Waals surface area contributed by atoms with Crippen molar-refractivity contribution in [3.63, 3.8) is 0 Å². The lowest BCUT2D eigenvalue weighted by Gasteiger charge is -2.10. The molecule has 0 aromatic carbocycles. The number of amides is 1. The van der Waals surface area contributed by atoms with Gasteiger partial charge in [-0.1, -0.05) is 0 Å². The Bertz CT molecular complexity index is 688. The normalized spacial score (nSPS) is 12.5. The number of thiazole rings is 1. The molecule has 0 fully saturated rings. The molecule has 0 saturated carbocycles. The zero-order valence-electron chi connectivity index (χ0n) is 11.5. The Kier molecular flexibility index (Phi) is 4.87. The van der Waals surface area contributed by atoms with Gasteiger partial charge in [0.1, 0.15) is 5.01 Å². The molecule has 7 heteroatoms. The maximum absolute atomic E-state index is 12.3. The lowest BCUT2D eigenvalue weighted by molar-refractivity contribution is -0.131. The molecule has 0 radical (unpaired) electrons. The van der Waals surface area contributed by atoms with Gasteiger partial charge >= 0.3 is 5.97 Å². The Labute approximate surface area is 130 Å². The number of carboxylic acids is 1. The van der Waals surface area contributed by atoms with E-state index in [1.807, 2.05) is 13.8 Å². The third-order valence-electron chi connectivity index (χ3n) is 2.66. The third-order valence-corrected chi connectivity index (χ3v) is 4.69. The first-order valence-corrected chi connectivity index (χ1v) is 7.88. The zero-order valence-corrected chi connectivity index (χ0v) is 13.1. The number of carbonyl (C=O) groups excluding carboxylic acids is 1. The molecule has 2 heterocycles. The fourth-order valence-corrected chi connectivity index (χ4v) is 3.26. The predicted octanol–water partition coefficient (Wildman–Crippen LogP) is 3.10. The molecule has 110 valence electrons. The van der Waals surface area contributed by atoms with E-state index in [0.29, 0.717) is 10.4 Å². The molecule has 0 aliphatic carbocycles. The van der Waals surface area contributed by atoms with E-state index in [0.717, 1.165) is 16.0 Å². The number of aliphatic carboxylic acids is 1. The lowest BCUT2D eigenvalue weighted by atomic mass is 10.2. The maximum atomic E-state index is 12.3. The molecule has 0 aliphatic heterocycles. The average molecular weight is 322 g/mol. The van der Waals surface area contributed by atoms with Crippen LogP contribution in [0.4, 0.5) is 0 Å². The van der Waals surface area contributed by atoms with Gasteiger partial charge in [-0.05, 0) is 36.9 Å². The highest BCUT2D eigenvalue weighted by atomic mass is 32.1. The van der Waals surface area contributed by atoms with Crippen LogP contribution in [0.5, 0.6) is 0 Å². The van der Waals surface area contributed by atoms with Gasteiger partial charge in [-0.2, -0.15) is 0 Å². The van der Waals surface area contributed by atoms with Crippen molar-refractivity contribution in [1.29, 1.82) is 0 Å². The quantitative estimate of drug-likeness (QED) is 0.829. The number of nitrogens with zero attached hydrogens (tertiary/aromatic N) is 1. The zero-order chi connectivity index (χ0) is 15.4. The van der Waals surface area contributed by atoms with Crippen LogP contribution >= 0.6 is 22.7 Å². The molecule has 0 bridgehead atoms. The van der Waals surface area contributed by atoms with E-state index in [-0.39, 0.29) is 11.9 Å².